The van der Waals surface area contributed by atoms with E-state index in [9.17, 15) is 5.11 Å². The molecule has 0 radical (unpaired) electrons. The van der Waals surface area contributed by atoms with Crippen LogP contribution in [0.3, 0.4) is 0 Å². The quantitative estimate of drug-likeness (QED) is 0.872. The molecule has 0 bridgehead atoms. The van der Waals surface area contributed by atoms with E-state index < -0.39 is 6.10 Å². The summed E-state index contributed by atoms with van der Waals surface area (Å²) in [7, 11) is 1.91. The van der Waals surface area contributed by atoms with Crippen molar-refractivity contribution < 1.29 is 5.11 Å². The third-order valence-electron chi connectivity index (χ3n) is 2.88. The molecule has 0 saturated heterocycles. The Hall–Kier alpha value is -1.68. The van der Waals surface area contributed by atoms with E-state index in [-0.39, 0.29) is 0 Å². The van der Waals surface area contributed by atoms with Gasteiger partial charge in [0.1, 0.15) is 0 Å². The highest BCUT2D eigenvalue weighted by molar-refractivity contribution is 5.19. The molecule has 2 aromatic rings. The zero-order valence-corrected chi connectivity index (χ0v) is 10.2. The van der Waals surface area contributed by atoms with E-state index in [0.29, 0.717) is 6.42 Å². The molecule has 0 spiro atoms. The molecule has 4 heteroatoms. The van der Waals surface area contributed by atoms with Crippen LogP contribution in [0.15, 0.2) is 30.7 Å². The fraction of sp³-hybridized carbons (Fsp3) is 0.385. The Bertz CT molecular complexity index is 493. The first kappa shape index (κ1) is 11.8. The average molecular weight is 231 g/mol. The smallest absolute Gasteiger partial charge is 0.0808 e. The third-order valence-corrected chi connectivity index (χ3v) is 2.88. The molecule has 2 heterocycles. The zero-order chi connectivity index (χ0) is 12.3. The van der Waals surface area contributed by atoms with Gasteiger partial charge in [0.25, 0.3) is 0 Å². The molecule has 0 amide bonds. The van der Waals surface area contributed by atoms with Gasteiger partial charge in [-0.1, -0.05) is 6.07 Å². The number of aromatic nitrogens is 3. The molecular formula is C13H17N3O. The lowest BCUT2D eigenvalue weighted by molar-refractivity contribution is 0.166. The molecule has 1 N–H and O–H groups in total. The largest absolute Gasteiger partial charge is 0.388 e. The number of nitrogens with zero attached hydrogens (tertiary/aromatic N) is 3. The minimum absolute atomic E-state index is 0.461. The number of hydrogen-bond donors (Lipinski definition) is 1. The van der Waals surface area contributed by atoms with Gasteiger partial charge in [-0.05, 0) is 37.0 Å². The Morgan fingerprint density at radius 3 is 2.88 bits per heavy atom. The topological polar surface area (TPSA) is 50.9 Å². The van der Waals surface area contributed by atoms with Crippen LogP contribution in [-0.4, -0.2) is 19.9 Å². The van der Waals surface area contributed by atoms with E-state index in [1.165, 1.54) is 0 Å². The minimum atomic E-state index is -0.461. The van der Waals surface area contributed by atoms with Gasteiger partial charge in [0.2, 0.25) is 0 Å². The van der Waals surface area contributed by atoms with Crippen LogP contribution in [0.2, 0.25) is 0 Å². The highest BCUT2D eigenvalue weighted by atomic mass is 16.3. The monoisotopic (exact) mass is 231 g/mol. The van der Waals surface area contributed by atoms with Gasteiger partial charge in [0.15, 0.2) is 0 Å². The normalized spacial score (nSPS) is 12.6. The number of aliphatic hydroxyl groups is 1. The van der Waals surface area contributed by atoms with Crippen LogP contribution in [-0.2, 0) is 13.5 Å². The SMILES string of the molecule is Cc1cncc(C(O)CCc2ccnn2C)c1. The maximum absolute atomic E-state index is 10.1. The molecule has 2 rings (SSSR count). The first-order valence-electron chi connectivity index (χ1n) is 5.73. The summed E-state index contributed by atoms with van der Waals surface area (Å²) in [6.45, 7) is 1.98. The second-order valence-electron chi connectivity index (χ2n) is 4.30. The molecule has 0 aliphatic carbocycles. The Morgan fingerprint density at radius 1 is 1.41 bits per heavy atom. The summed E-state index contributed by atoms with van der Waals surface area (Å²) in [6.07, 6.45) is 6.32. The van der Waals surface area contributed by atoms with Gasteiger partial charge in [-0.2, -0.15) is 5.10 Å². The molecule has 0 aromatic carbocycles. The second kappa shape index (κ2) is 5.10. The maximum Gasteiger partial charge on any atom is 0.0808 e. The summed E-state index contributed by atoms with van der Waals surface area (Å²) in [4.78, 5) is 4.09. The fourth-order valence-corrected chi connectivity index (χ4v) is 1.86. The van der Waals surface area contributed by atoms with Gasteiger partial charge >= 0.3 is 0 Å². The van der Waals surface area contributed by atoms with E-state index >= 15 is 0 Å². The Kier molecular flexibility index (Phi) is 3.54. The fourth-order valence-electron chi connectivity index (χ4n) is 1.86. The van der Waals surface area contributed by atoms with Gasteiger partial charge in [0.05, 0.1) is 6.10 Å². The van der Waals surface area contributed by atoms with Crippen LogP contribution < -0.4 is 0 Å². The zero-order valence-electron chi connectivity index (χ0n) is 10.2. The van der Waals surface area contributed by atoms with Crippen LogP contribution >= 0.6 is 0 Å². The van der Waals surface area contributed by atoms with Crippen molar-refractivity contribution >= 4 is 0 Å². The van der Waals surface area contributed by atoms with Gasteiger partial charge in [-0.25, -0.2) is 0 Å². The standard InChI is InChI=1S/C13H17N3O/c1-10-7-11(9-14-8-10)13(17)4-3-12-5-6-15-16(12)2/h5-9,13,17H,3-4H2,1-2H3. The number of pyridine rings is 1. The summed E-state index contributed by atoms with van der Waals surface area (Å²) >= 11 is 0. The number of rotatable bonds is 4. The Labute approximate surface area is 101 Å². The van der Waals surface area contributed by atoms with Crippen molar-refractivity contribution in [2.24, 2.45) is 7.05 Å². The lowest BCUT2D eigenvalue weighted by Gasteiger charge is -2.11. The van der Waals surface area contributed by atoms with Crippen LogP contribution in [0, 0.1) is 6.92 Å². The summed E-state index contributed by atoms with van der Waals surface area (Å²) < 4.78 is 1.83. The Morgan fingerprint density at radius 2 is 2.24 bits per heavy atom. The maximum atomic E-state index is 10.1. The number of aliphatic hydroxyl groups excluding tert-OH is 1. The average Bonchev–Trinajstić information content (AvgIpc) is 2.72. The number of hydrogen-bond acceptors (Lipinski definition) is 3. The second-order valence-corrected chi connectivity index (χ2v) is 4.30. The van der Waals surface area contributed by atoms with Gasteiger partial charge < -0.3 is 5.11 Å². The molecule has 17 heavy (non-hydrogen) atoms. The summed E-state index contributed by atoms with van der Waals surface area (Å²) in [5, 5.41) is 14.2. The summed E-state index contributed by atoms with van der Waals surface area (Å²) in [5.41, 5.74) is 3.08. The van der Waals surface area contributed by atoms with Crippen molar-refractivity contribution in [1.82, 2.24) is 14.8 Å². The highest BCUT2D eigenvalue weighted by Gasteiger charge is 2.09. The molecule has 1 unspecified atom stereocenters. The van der Waals surface area contributed by atoms with E-state index in [1.54, 1.807) is 18.6 Å². The van der Waals surface area contributed by atoms with Gasteiger partial charge in [-0.15, -0.1) is 0 Å². The van der Waals surface area contributed by atoms with Crippen LogP contribution in [0.4, 0.5) is 0 Å². The van der Waals surface area contributed by atoms with Gasteiger partial charge in [0, 0.05) is 31.3 Å². The lowest BCUT2D eigenvalue weighted by Crippen LogP contribution is -2.04. The van der Waals surface area contributed by atoms with E-state index in [2.05, 4.69) is 10.1 Å². The van der Waals surface area contributed by atoms with Crippen molar-refractivity contribution in [3.63, 3.8) is 0 Å². The Balaban J connectivity index is 1.98. The minimum Gasteiger partial charge on any atom is -0.388 e. The van der Waals surface area contributed by atoms with Crippen molar-refractivity contribution in [2.75, 3.05) is 0 Å². The predicted molar refractivity (Wildman–Crippen MR) is 65.5 cm³/mol. The van der Waals surface area contributed by atoms with E-state index in [4.69, 9.17) is 0 Å². The molecule has 0 aliphatic heterocycles. The predicted octanol–water partition coefficient (Wildman–Crippen LogP) is 1.79. The molecule has 0 fully saturated rings. The molecule has 1 atom stereocenters. The van der Waals surface area contributed by atoms with E-state index in [0.717, 1.165) is 23.2 Å². The molecule has 90 valence electrons. The van der Waals surface area contributed by atoms with Crippen LogP contribution in [0.5, 0.6) is 0 Å². The van der Waals surface area contributed by atoms with Gasteiger partial charge in [-0.3, -0.25) is 9.67 Å². The van der Waals surface area contributed by atoms with Crippen molar-refractivity contribution in [1.29, 1.82) is 0 Å². The summed E-state index contributed by atoms with van der Waals surface area (Å²) in [5.74, 6) is 0. The number of aryl methyl sites for hydroxylation is 3. The van der Waals surface area contributed by atoms with Crippen molar-refractivity contribution in [3.8, 4) is 0 Å². The first-order valence-corrected chi connectivity index (χ1v) is 5.73. The summed E-state index contributed by atoms with van der Waals surface area (Å²) in [6, 6.07) is 3.95. The van der Waals surface area contributed by atoms with Crippen molar-refractivity contribution in [3.05, 3.63) is 47.5 Å². The highest BCUT2D eigenvalue weighted by Crippen LogP contribution is 2.18. The van der Waals surface area contributed by atoms with E-state index in [1.807, 2.05) is 30.8 Å². The molecular weight excluding hydrogens is 214 g/mol. The molecule has 0 saturated carbocycles. The van der Waals surface area contributed by atoms with Crippen LogP contribution in [0.1, 0.15) is 29.3 Å². The van der Waals surface area contributed by atoms with Crippen molar-refractivity contribution in [2.45, 2.75) is 25.9 Å². The molecule has 0 aliphatic rings. The molecule has 4 nitrogen and oxygen atoms in total. The molecule has 2 aromatic heterocycles. The lowest BCUT2D eigenvalue weighted by atomic mass is 10.0. The van der Waals surface area contributed by atoms with Crippen LogP contribution in [0.25, 0.3) is 0 Å². The third kappa shape index (κ3) is 2.91. The first-order chi connectivity index (χ1) is 8.16.